The van der Waals surface area contributed by atoms with Crippen molar-refractivity contribution in [1.82, 2.24) is 4.98 Å². The summed E-state index contributed by atoms with van der Waals surface area (Å²) < 4.78 is 11.4. The number of hydrogen-bond acceptors (Lipinski definition) is 4. The summed E-state index contributed by atoms with van der Waals surface area (Å²) in [6.45, 7) is 1.27. The molecular formula is C16H18N2O2. The van der Waals surface area contributed by atoms with Crippen LogP contribution in [0.3, 0.4) is 0 Å². The molecule has 0 spiro atoms. The number of hydrogen-bond donors (Lipinski definition) is 0. The fraction of sp³-hybridized carbons (Fsp3) is 0.312. The molecule has 104 valence electrons. The molecule has 1 saturated heterocycles. The number of pyridine rings is 1. The molecule has 0 bridgehead atoms. The second kappa shape index (κ2) is 6.39. The lowest BCUT2D eigenvalue weighted by Crippen LogP contribution is -2.32. The molecule has 3 rings (SSSR count). The van der Waals surface area contributed by atoms with Gasteiger partial charge in [-0.1, -0.05) is 18.2 Å². The molecule has 0 aliphatic carbocycles. The number of nitrogens with zero attached hydrogens (tertiary/aromatic N) is 2. The van der Waals surface area contributed by atoms with Gasteiger partial charge in [-0.2, -0.15) is 0 Å². The van der Waals surface area contributed by atoms with Gasteiger partial charge in [-0.15, -0.1) is 0 Å². The summed E-state index contributed by atoms with van der Waals surface area (Å²) in [5.74, 6) is 0.832. The molecule has 1 atom stereocenters. The van der Waals surface area contributed by atoms with Gasteiger partial charge in [0, 0.05) is 12.7 Å². The van der Waals surface area contributed by atoms with Crippen LogP contribution in [-0.2, 0) is 4.74 Å². The fourth-order valence-corrected chi connectivity index (χ4v) is 2.43. The first kappa shape index (κ1) is 12.9. The molecule has 0 amide bonds. The van der Waals surface area contributed by atoms with Crippen molar-refractivity contribution >= 4 is 5.69 Å². The zero-order valence-electron chi connectivity index (χ0n) is 11.3. The molecule has 2 heterocycles. The number of para-hydroxylation sites is 1. The standard InChI is InChI=1S/C16H18N2O2/c1-2-7-15(8-3-1)19-13-20-16-9-5-11-18(16)14-6-4-10-17-12-14/h1-4,6-8,10,12,16H,5,9,11,13H2. The summed E-state index contributed by atoms with van der Waals surface area (Å²) in [4.78, 5) is 6.40. The number of anilines is 1. The third-order valence-corrected chi connectivity index (χ3v) is 3.40. The Hall–Kier alpha value is -2.07. The van der Waals surface area contributed by atoms with Gasteiger partial charge >= 0.3 is 0 Å². The van der Waals surface area contributed by atoms with E-state index in [9.17, 15) is 0 Å². The van der Waals surface area contributed by atoms with Gasteiger partial charge in [0.05, 0.1) is 11.9 Å². The Kier molecular flexibility index (Phi) is 4.13. The first-order valence-corrected chi connectivity index (χ1v) is 6.89. The van der Waals surface area contributed by atoms with Gasteiger partial charge in [-0.05, 0) is 37.1 Å². The molecule has 0 saturated carbocycles. The molecule has 20 heavy (non-hydrogen) atoms. The van der Waals surface area contributed by atoms with E-state index in [-0.39, 0.29) is 13.0 Å². The van der Waals surface area contributed by atoms with E-state index in [0.717, 1.165) is 30.8 Å². The van der Waals surface area contributed by atoms with E-state index in [1.54, 1.807) is 6.20 Å². The molecule has 0 radical (unpaired) electrons. The minimum Gasteiger partial charge on any atom is -0.467 e. The van der Waals surface area contributed by atoms with Crippen molar-refractivity contribution in [2.75, 3.05) is 18.2 Å². The maximum Gasteiger partial charge on any atom is 0.191 e. The van der Waals surface area contributed by atoms with Crippen molar-refractivity contribution in [3.8, 4) is 5.75 Å². The van der Waals surface area contributed by atoms with Crippen LogP contribution in [0, 0.1) is 0 Å². The highest BCUT2D eigenvalue weighted by Crippen LogP contribution is 2.25. The molecule has 1 aliphatic rings. The van der Waals surface area contributed by atoms with Crippen LogP contribution in [0.25, 0.3) is 0 Å². The van der Waals surface area contributed by atoms with Gasteiger partial charge in [-0.3, -0.25) is 4.98 Å². The Morgan fingerprint density at radius 1 is 1.15 bits per heavy atom. The van der Waals surface area contributed by atoms with Crippen LogP contribution in [0.2, 0.25) is 0 Å². The average Bonchev–Trinajstić information content (AvgIpc) is 2.98. The lowest BCUT2D eigenvalue weighted by molar-refractivity contribution is -0.0310. The van der Waals surface area contributed by atoms with Crippen molar-refractivity contribution in [2.45, 2.75) is 19.1 Å². The van der Waals surface area contributed by atoms with Crippen LogP contribution in [0.5, 0.6) is 5.75 Å². The molecule has 1 fully saturated rings. The Morgan fingerprint density at radius 2 is 2.05 bits per heavy atom. The molecule has 4 heteroatoms. The summed E-state index contributed by atoms with van der Waals surface area (Å²) >= 11 is 0. The minimum atomic E-state index is 0.0721. The lowest BCUT2D eigenvalue weighted by Gasteiger charge is -2.26. The van der Waals surface area contributed by atoms with Crippen molar-refractivity contribution in [3.05, 3.63) is 54.9 Å². The van der Waals surface area contributed by atoms with Gasteiger partial charge < -0.3 is 14.4 Å². The Labute approximate surface area is 119 Å². The maximum atomic E-state index is 5.85. The van der Waals surface area contributed by atoms with Crippen molar-refractivity contribution in [1.29, 1.82) is 0 Å². The normalized spacial score (nSPS) is 18.2. The summed E-state index contributed by atoms with van der Waals surface area (Å²) in [6, 6.07) is 13.7. The summed E-state index contributed by atoms with van der Waals surface area (Å²) in [5.41, 5.74) is 1.11. The zero-order valence-corrected chi connectivity index (χ0v) is 11.3. The third kappa shape index (κ3) is 3.08. The van der Waals surface area contributed by atoms with Crippen LogP contribution in [-0.4, -0.2) is 24.5 Å². The van der Waals surface area contributed by atoms with Crippen LogP contribution in [0.4, 0.5) is 5.69 Å². The van der Waals surface area contributed by atoms with E-state index >= 15 is 0 Å². The Morgan fingerprint density at radius 3 is 2.85 bits per heavy atom. The monoisotopic (exact) mass is 270 g/mol. The predicted molar refractivity (Wildman–Crippen MR) is 77.6 cm³/mol. The number of benzene rings is 1. The second-order valence-corrected chi connectivity index (χ2v) is 4.74. The molecule has 1 aromatic carbocycles. The topological polar surface area (TPSA) is 34.6 Å². The van der Waals surface area contributed by atoms with Crippen LogP contribution >= 0.6 is 0 Å². The maximum absolute atomic E-state index is 5.85. The minimum absolute atomic E-state index is 0.0721. The highest BCUT2D eigenvalue weighted by Gasteiger charge is 2.25. The predicted octanol–water partition coefficient (Wildman–Crippen LogP) is 3.06. The first-order chi connectivity index (χ1) is 9.93. The van der Waals surface area contributed by atoms with Crippen LogP contribution in [0.15, 0.2) is 54.9 Å². The summed E-state index contributed by atoms with van der Waals surface area (Å²) in [5, 5.41) is 0. The summed E-state index contributed by atoms with van der Waals surface area (Å²) in [7, 11) is 0. The van der Waals surface area contributed by atoms with Crippen LogP contribution in [0.1, 0.15) is 12.8 Å². The second-order valence-electron chi connectivity index (χ2n) is 4.74. The zero-order chi connectivity index (χ0) is 13.6. The summed E-state index contributed by atoms with van der Waals surface area (Å²) in [6.07, 6.45) is 5.88. The Bertz CT molecular complexity index is 519. The van der Waals surface area contributed by atoms with Gasteiger partial charge in [0.1, 0.15) is 12.0 Å². The number of ether oxygens (including phenoxy) is 2. The van der Waals surface area contributed by atoms with Crippen molar-refractivity contribution < 1.29 is 9.47 Å². The number of rotatable bonds is 5. The first-order valence-electron chi connectivity index (χ1n) is 6.89. The van der Waals surface area contributed by atoms with E-state index in [0.29, 0.717) is 0 Å². The molecule has 1 aromatic heterocycles. The van der Waals surface area contributed by atoms with Gasteiger partial charge in [0.15, 0.2) is 6.79 Å². The van der Waals surface area contributed by atoms with E-state index in [1.165, 1.54) is 0 Å². The fourth-order valence-electron chi connectivity index (χ4n) is 2.43. The molecule has 1 aliphatic heterocycles. The van der Waals surface area contributed by atoms with E-state index < -0.39 is 0 Å². The SMILES string of the molecule is c1ccc(OCOC2CCCN2c2cccnc2)cc1. The van der Waals surface area contributed by atoms with Gasteiger partial charge in [0.2, 0.25) is 0 Å². The van der Waals surface area contributed by atoms with Crippen molar-refractivity contribution in [3.63, 3.8) is 0 Å². The molecule has 1 unspecified atom stereocenters. The molecule has 0 N–H and O–H groups in total. The van der Waals surface area contributed by atoms with Crippen LogP contribution < -0.4 is 9.64 Å². The average molecular weight is 270 g/mol. The highest BCUT2D eigenvalue weighted by atomic mass is 16.7. The molecule has 2 aromatic rings. The molecular weight excluding hydrogens is 252 g/mol. The highest BCUT2D eigenvalue weighted by molar-refractivity contribution is 5.45. The Balaban J connectivity index is 1.54. The third-order valence-electron chi connectivity index (χ3n) is 3.40. The van der Waals surface area contributed by atoms with Gasteiger partial charge in [-0.25, -0.2) is 0 Å². The smallest absolute Gasteiger partial charge is 0.191 e. The largest absolute Gasteiger partial charge is 0.467 e. The molecule has 4 nitrogen and oxygen atoms in total. The number of aromatic nitrogens is 1. The van der Waals surface area contributed by atoms with Crippen molar-refractivity contribution in [2.24, 2.45) is 0 Å². The quantitative estimate of drug-likeness (QED) is 0.782. The van der Waals surface area contributed by atoms with E-state index in [2.05, 4.69) is 16.0 Å². The van der Waals surface area contributed by atoms with E-state index in [4.69, 9.17) is 9.47 Å². The van der Waals surface area contributed by atoms with Gasteiger partial charge in [0.25, 0.3) is 0 Å². The van der Waals surface area contributed by atoms with E-state index in [1.807, 2.05) is 42.6 Å². The lowest BCUT2D eigenvalue weighted by atomic mass is 10.3.